The molecule has 2 aliphatic rings. The van der Waals surface area contributed by atoms with Crippen molar-refractivity contribution in [1.82, 2.24) is 15.2 Å². The van der Waals surface area contributed by atoms with Crippen molar-refractivity contribution in [3.8, 4) is 0 Å². The lowest BCUT2D eigenvalue weighted by Gasteiger charge is -2.36. The highest BCUT2D eigenvalue weighted by atomic mass is 16.4. The van der Waals surface area contributed by atoms with E-state index >= 15 is 0 Å². The van der Waals surface area contributed by atoms with Gasteiger partial charge >= 0.3 is 5.76 Å². The summed E-state index contributed by atoms with van der Waals surface area (Å²) in [4.78, 5) is 16.5. The molecule has 5 nitrogen and oxygen atoms in total. The van der Waals surface area contributed by atoms with Crippen LogP contribution in [-0.4, -0.2) is 36.1 Å². The Morgan fingerprint density at radius 2 is 2.12 bits per heavy atom. The van der Waals surface area contributed by atoms with E-state index in [4.69, 9.17) is 4.42 Å². The number of aromatic nitrogens is 1. The lowest BCUT2D eigenvalue weighted by Crippen LogP contribution is -2.45. The molecule has 5 heteroatoms. The lowest BCUT2D eigenvalue weighted by molar-refractivity contribution is 0.152. The number of nitrogens with one attached hydrogen (secondary N) is 2. The topological polar surface area (TPSA) is 61.3 Å². The van der Waals surface area contributed by atoms with Gasteiger partial charge in [0.2, 0.25) is 0 Å². The van der Waals surface area contributed by atoms with Crippen LogP contribution >= 0.6 is 0 Å². The van der Waals surface area contributed by atoms with Crippen LogP contribution in [0.5, 0.6) is 0 Å². The largest absolute Gasteiger partial charge is 0.416 e. The Morgan fingerprint density at radius 3 is 2.94 bits per heavy atom. The van der Waals surface area contributed by atoms with E-state index in [9.17, 15) is 4.79 Å². The molecule has 1 aromatic rings. The normalized spacial score (nSPS) is 26.6. The molecule has 1 fully saturated rings. The summed E-state index contributed by atoms with van der Waals surface area (Å²) in [6.07, 6.45) is 3.14. The monoisotopic (exact) mass is 223 g/mol. The highest BCUT2D eigenvalue weighted by molar-refractivity contribution is 5.16. The number of hydrogen-bond donors (Lipinski definition) is 2. The minimum Gasteiger partial charge on any atom is -0.413 e. The number of H-pyrrole nitrogens is 1. The number of hydrogen-bond acceptors (Lipinski definition) is 4. The van der Waals surface area contributed by atoms with Crippen molar-refractivity contribution in [3.05, 3.63) is 22.0 Å². The zero-order chi connectivity index (χ0) is 11.0. The summed E-state index contributed by atoms with van der Waals surface area (Å²) < 4.78 is 5.17. The summed E-state index contributed by atoms with van der Waals surface area (Å²) in [5.74, 6) is 0.576. The van der Waals surface area contributed by atoms with Gasteiger partial charge in [0.1, 0.15) is 5.76 Å². The molecule has 2 N–H and O–H groups in total. The lowest BCUT2D eigenvalue weighted by atomic mass is 9.95. The van der Waals surface area contributed by atoms with E-state index in [2.05, 4.69) is 15.2 Å². The summed E-state index contributed by atoms with van der Waals surface area (Å²) in [6, 6.07) is 0.359. The number of oxazole rings is 1. The standard InChI is InChI=1S/C11H17N3O2/c15-11-13-10-8(2-1-3-9(10)16-11)14-6-4-12-5-7-14/h8,12H,1-7H2,(H,13,15). The zero-order valence-corrected chi connectivity index (χ0v) is 9.29. The maximum atomic E-state index is 11.2. The van der Waals surface area contributed by atoms with Crippen molar-refractivity contribution in [2.45, 2.75) is 25.3 Å². The molecule has 1 unspecified atom stereocenters. The van der Waals surface area contributed by atoms with Crippen molar-refractivity contribution >= 4 is 0 Å². The van der Waals surface area contributed by atoms with Crippen molar-refractivity contribution in [2.24, 2.45) is 0 Å². The quantitative estimate of drug-likeness (QED) is 0.716. The predicted molar refractivity (Wildman–Crippen MR) is 59.5 cm³/mol. The molecule has 16 heavy (non-hydrogen) atoms. The van der Waals surface area contributed by atoms with Crippen LogP contribution in [0.4, 0.5) is 0 Å². The van der Waals surface area contributed by atoms with E-state index in [0.29, 0.717) is 6.04 Å². The smallest absolute Gasteiger partial charge is 0.413 e. The Balaban J connectivity index is 1.88. The second-order valence-electron chi connectivity index (χ2n) is 4.55. The number of nitrogens with zero attached hydrogens (tertiary/aromatic N) is 1. The predicted octanol–water partition coefficient (Wildman–Crippen LogP) is 0.251. The molecule has 1 aliphatic heterocycles. The Bertz CT molecular complexity index is 417. The van der Waals surface area contributed by atoms with Gasteiger partial charge in [-0.25, -0.2) is 4.79 Å². The second kappa shape index (κ2) is 4.07. The molecule has 0 saturated carbocycles. The molecule has 0 amide bonds. The fourth-order valence-electron chi connectivity index (χ4n) is 2.79. The van der Waals surface area contributed by atoms with Crippen molar-refractivity contribution in [3.63, 3.8) is 0 Å². The molecule has 1 saturated heterocycles. The number of aromatic amines is 1. The molecule has 0 spiro atoms. The number of piperazine rings is 1. The van der Waals surface area contributed by atoms with Gasteiger partial charge in [0.05, 0.1) is 11.7 Å². The minimum atomic E-state index is -0.299. The van der Waals surface area contributed by atoms with E-state index in [-0.39, 0.29) is 5.76 Å². The van der Waals surface area contributed by atoms with Crippen molar-refractivity contribution in [2.75, 3.05) is 26.2 Å². The first-order valence-electron chi connectivity index (χ1n) is 6.01. The van der Waals surface area contributed by atoms with Crippen LogP contribution < -0.4 is 11.1 Å². The molecule has 1 atom stereocenters. The summed E-state index contributed by atoms with van der Waals surface area (Å²) >= 11 is 0. The van der Waals surface area contributed by atoms with Gasteiger partial charge in [-0.2, -0.15) is 0 Å². The Morgan fingerprint density at radius 1 is 1.31 bits per heavy atom. The maximum Gasteiger partial charge on any atom is 0.416 e. The Hall–Kier alpha value is -1.07. The third-order valence-corrected chi connectivity index (χ3v) is 3.56. The number of fused-ring (bicyclic) bond motifs is 1. The third kappa shape index (κ3) is 1.70. The van der Waals surface area contributed by atoms with E-state index in [1.807, 2.05) is 0 Å². The van der Waals surface area contributed by atoms with Gasteiger partial charge in [-0.05, 0) is 12.8 Å². The van der Waals surface area contributed by atoms with Crippen molar-refractivity contribution < 1.29 is 4.42 Å². The fourth-order valence-corrected chi connectivity index (χ4v) is 2.79. The molecule has 2 heterocycles. The molecule has 88 valence electrons. The third-order valence-electron chi connectivity index (χ3n) is 3.56. The first kappa shape index (κ1) is 10.1. The van der Waals surface area contributed by atoms with Crippen LogP contribution in [0.3, 0.4) is 0 Å². The maximum absolute atomic E-state index is 11.2. The minimum absolute atomic E-state index is 0.299. The summed E-state index contributed by atoms with van der Waals surface area (Å²) in [6.45, 7) is 4.18. The van der Waals surface area contributed by atoms with Crippen molar-refractivity contribution in [1.29, 1.82) is 0 Å². The van der Waals surface area contributed by atoms with Gasteiger partial charge in [-0.1, -0.05) is 0 Å². The number of aryl methyl sites for hydroxylation is 1. The van der Waals surface area contributed by atoms with Crippen LogP contribution in [0.1, 0.15) is 30.3 Å². The van der Waals surface area contributed by atoms with Gasteiger partial charge in [0.25, 0.3) is 0 Å². The van der Waals surface area contributed by atoms with Crippen LogP contribution in [-0.2, 0) is 6.42 Å². The SMILES string of the molecule is O=c1[nH]c2c(o1)CCCC2N1CCNCC1. The molecular formula is C11H17N3O2. The Kier molecular flexibility index (Phi) is 2.57. The van der Waals surface area contributed by atoms with E-state index in [0.717, 1.165) is 56.9 Å². The first-order valence-corrected chi connectivity index (χ1v) is 6.01. The van der Waals surface area contributed by atoms with Gasteiger partial charge in [0.15, 0.2) is 0 Å². The molecular weight excluding hydrogens is 206 g/mol. The van der Waals surface area contributed by atoms with E-state index in [1.165, 1.54) is 0 Å². The van der Waals surface area contributed by atoms with E-state index in [1.54, 1.807) is 0 Å². The molecule has 0 bridgehead atoms. The average molecular weight is 223 g/mol. The zero-order valence-electron chi connectivity index (χ0n) is 9.29. The summed E-state index contributed by atoms with van der Waals surface area (Å²) in [5.41, 5.74) is 1.03. The molecule has 0 aromatic carbocycles. The molecule has 0 radical (unpaired) electrons. The average Bonchev–Trinajstić information content (AvgIpc) is 2.70. The summed E-state index contributed by atoms with van der Waals surface area (Å²) in [5, 5.41) is 3.35. The van der Waals surface area contributed by atoms with Crippen LogP contribution in [0.15, 0.2) is 9.21 Å². The fraction of sp³-hybridized carbons (Fsp3) is 0.727. The first-order chi connectivity index (χ1) is 7.84. The van der Waals surface area contributed by atoms with Gasteiger partial charge in [-0.3, -0.25) is 9.88 Å². The highest BCUT2D eigenvalue weighted by Gasteiger charge is 2.29. The highest BCUT2D eigenvalue weighted by Crippen LogP contribution is 2.32. The molecule has 1 aliphatic carbocycles. The second-order valence-corrected chi connectivity index (χ2v) is 4.55. The van der Waals surface area contributed by atoms with Crippen LogP contribution in [0, 0.1) is 0 Å². The van der Waals surface area contributed by atoms with Gasteiger partial charge < -0.3 is 9.73 Å². The van der Waals surface area contributed by atoms with E-state index < -0.39 is 0 Å². The van der Waals surface area contributed by atoms with Crippen LogP contribution in [0.2, 0.25) is 0 Å². The van der Waals surface area contributed by atoms with Gasteiger partial charge in [0, 0.05) is 32.6 Å². The number of rotatable bonds is 1. The van der Waals surface area contributed by atoms with Gasteiger partial charge in [-0.15, -0.1) is 0 Å². The molecule has 1 aromatic heterocycles. The molecule has 3 rings (SSSR count). The van der Waals surface area contributed by atoms with Crippen LogP contribution in [0.25, 0.3) is 0 Å². The summed E-state index contributed by atoms with van der Waals surface area (Å²) in [7, 11) is 0. The Labute approximate surface area is 93.8 Å².